The molecule has 2 aromatic rings. The van der Waals surface area contributed by atoms with Crippen LogP contribution in [0.2, 0.25) is 0 Å². The highest BCUT2D eigenvalue weighted by Gasteiger charge is 2.39. The third-order valence-corrected chi connectivity index (χ3v) is 5.42. The van der Waals surface area contributed by atoms with Gasteiger partial charge in [-0.2, -0.15) is 11.3 Å². The molecule has 26 heavy (non-hydrogen) atoms. The summed E-state index contributed by atoms with van der Waals surface area (Å²) in [6.45, 7) is 2.04. The SMILES string of the molecule is CCOC(=O)[C@@H]1C(=O)C=C(c2ccsc2)C[C@@H]1c1ccc(N(C)C)cc1. The van der Waals surface area contributed by atoms with Crippen molar-refractivity contribution in [2.45, 2.75) is 19.3 Å². The minimum atomic E-state index is -0.775. The topological polar surface area (TPSA) is 46.6 Å². The number of benzene rings is 1. The summed E-state index contributed by atoms with van der Waals surface area (Å²) in [7, 11) is 3.97. The van der Waals surface area contributed by atoms with Gasteiger partial charge in [-0.1, -0.05) is 12.1 Å². The fourth-order valence-electron chi connectivity index (χ4n) is 3.36. The lowest BCUT2D eigenvalue weighted by molar-refractivity contribution is -0.151. The highest BCUT2D eigenvalue weighted by Crippen LogP contribution is 2.41. The molecular weight excluding hydrogens is 346 g/mol. The summed E-state index contributed by atoms with van der Waals surface area (Å²) in [5.41, 5.74) is 4.11. The Balaban J connectivity index is 1.98. The lowest BCUT2D eigenvalue weighted by Crippen LogP contribution is -2.34. The van der Waals surface area contributed by atoms with Crippen molar-refractivity contribution in [2.75, 3.05) is 25.6 Å². The number of ketones is 1. The van der Waals surface area contributed by atoms with Crippen LogP contribution in [0.25, 0.3) is 5.57 Å². The standard InChI is InChI=1S/C21H23NO3S/c1-4-25-21(24)20-18(14-5-7-17(8-6-14)22(2)3)11-16(12-19(20)23)15-9-10-26-13-15/h5-10,12-13,18,20H,4,11H2,1-3H3/t18-,20+/m1/s1. The first-order chi connectivity index (χ1) is 12.5. The first kappa shape index (κ1) is 18.4. The Kier molecular flexibility index (Phi) is 5.57. The van der Waals surface area contributed by atoms with Crippen molar-refractivity contribution in [3.63, 3.8) is 0 Å². The Morgan fingerprint density at radius 2 is 1.96 bits per heavy atom. The van der Waals surface area contributed by atoms with Crippen LogP contribution in [0.4, 0.5) is 5.69 Å². The van der Waals surface area contributed by atoms with Gasteiger partial charge < -0.3 is 9.64 Å². The molecule has 2 atom stereocenters. The second kappa shape index (κ2) is 7.87. The van der Waals surface area contributed by atoms with E-state index in [2.05, 4.69) is 0 Å². The van der Waals surface area contributed by atoms with Crippen LogP contribution in [0.5, 0.6) is 0 Å². The molecule has 0 saturated carbocycles. The summed E-state index contributed by atoms with van der Waals surface area (Å²) in [5, 5.41) is 4.04. The molecule has 0 unspecified atom stereocenters. The summed E-state index contributed by atoms with van der Waals surface area (Å²) in [5.74, 6) is -1.59. The maximum Gasteiger partial charge on any atom is 0.317 e. The van der Waals surface area contributed by atoms with Gasteiger partial charge in [-0.05, 0) is 65.1 Å². The summed E-state index contributed by atoms with van der Waals surface area (Å²) < 4.78 is 5.20. The number of carbonyl (C=O) groups excluding carboxylic acids is 2. The molecule has 1 aliphatic carbocycles. The van der Waals surface area contributed by atoms with Gasteiger partial charge in [0, 0.05) is 25.7 Å². The monoisotopic (exact) mass is 369 g/mol. The molecule has 0 saturated heterocycles. The van der Waals surface area contributed by atoms with E-state index >= 15 is 0 Å². The zero-order valence-electron chi connectivity index (χ0n) is 15.3. The Bertz CT molecular complexity index is 806. The van der Waals surface area contributed by atoms with E-state index < -0.39 is 11.9 Å². The largest absolute Gasteiger partial charge is 0.465 e. The number of carbonyl (C=O) groups is 2. The van der Waals surface area contributed by atoms with E-state index in [4.69, 9.17) is 4.74 Å². The van der Waals surface area contributed by atoms with Crippen LogP contribution in [0.15, 0.2) is 47.2 Å². The van der Waals surface area contributed by atoms with Gasteiger partial charge in [0.1, 0.15) is 5.92 Å². The Labute approximate surface area is 158 Å². The van der Waals surface area contributed by atoms with E-state index in [0.29, 0.717) is 6.42 Å². The third kappa shape index (κ3) is 3.73. The van der Waals surface area contributed by atoms with Crippen molar-refractivity contribution in [2.24, 2.45) is 5.92 Å². The van der Waals surface area contributed by atoms with Gasteiger partial charge in [0.25, 0.3) is 0 Å². The van der Waals surface area contributed by atoms with Crippen molar-refractivity contribution in [1.82, 2.24) is 0 Å². The molecule has 4 nitrogen and oxygen atoms in total. The number of nitrogens with zero attached hydrogens (tertiary/aromatic N) is 1. The smallest absolute Gasteiger partial charge is 0.317 e. The minimum absolute atomic E-state index is 0.169. The van der Waals surface area contributed by atoms with E-state index in [0.717, 1.165) is 22.4 Å². The number of allylic oxidation sites excluding steroid dienone is 2. The maximum absolute atomic E-state index is 12.8. The quantitative estimate of drug-likeness (QED) is 0.587. The van der Waals surface area contributed by atoms with Crippen molar-refractivity contribution in [1.29, 1.82) is 0 Å². The molecule has 0 N–H and O–H groups in total. The number of esters is 1. The number of ether oxygens (including phenoxy) is 1. The van der Waals surface area contributed by atoms with Gasteiger partial charge in [0.15, 0.2) is 5.78 Å². The van der Waals surface area contributed by atoms with Gasteiger partial charge in [0.2, 0.25) is 0 Å². The van der Waals surface area contributed by atoms with Crippen molar-refractivity contribution in [3.05, 3.63) is 58.3 Å². The minimum Gasteiger partial charge on any atom is -0.465 e. The molecule has 0 radical (unpaired) electrons. The van der Waals surface area contributed by atoms with Crippen LogP contribution < -0.4 is 4.90 Å². The third-order valence-electron chi connectivity index (χ3n) is 4.74. The van der Waals surface area contributed by atoms with Gasteiger partial charge in [-0.15, -0.1) is 0 Å². The van der Waals surface area contributed by atoms with Crippen molar-refractivity contribution < 1.29 is 14.3 Å². The first-order valence-electron chi connectivity index (χ1n) is 8.72. The fourth-order valence-corrected chi connectivity index (χ4v) is 4.04. The van der Waals surface area contributed by atoms with E-state index in [9.17, 15) is 9.59 Å². The molecule has 1 aromatic heterocycles. The average molecular weight is 369 g/mol. The lowest BCUT2D eigenvalue weighted by Gasteiger charge is -2.29. The first-order valence-corrected chi connectivity index (χ1v) is 9.66. The predicted molar refractivity (Wildman–Crippen MR) is 106 cm³/mol. The van der Waals surface area contributed by atoms with Crippen LogP contribution in [-0.2, 0) is 14.3 Å². The zero-order valence-corrected chi connectivity index (χ0v) is 16.1. The number of hydrogen-bond acceptors (Lipinski definition) is 5. The molecule has 136 valence electrons. The van der Waals surface area contributed by atoms with Crippen LogP contribution in [0, 0.1) is 5.92 Å². The van der Waals surface area contributed by atoms with Crippen molar-refractivity contribution >= 4 is 34.3 Å². The zero-order chi connectivity index (χ0) is 18.7. The van der Waals surface area contributed by atoms with Gasteiger partial charge in [0.05, 0.1) is 6.61 Å². The second-order valence-electron chi connectivity index (χ2n) is 6.61. The molecular formula is C21H23NO3S. The molecule has 0 amide bonds. The molecule has 0 aliphatic heterocycles. The summed E-state index contributed by atoms with van der Waals surface area (Å²) in [4.78, 5) is 27.3. The molecule has 0 spiro atoms. The molecule has 0 bridgehead atoms. The summed E-state index contributed by atoms with van der Waals surface area (Å²) >= 11 is 1.60. The average Bonchev–Trinajstić information content (AvgIpc) is 3.16. The highest BCUT2D eigenvalue weighted by molar-refractivity contribution is 7.08. The van der Waals surface area contributed by atoms with Gasteiger partial charge in [-0.25, -0.2) is 0 Å². The normalized spacial score (nSPS) is 19.8. The van der Waals surface area contributed by atoms with E-state index in [-0.39, 0.29) is 18.3 Å². The second-order valence-corrected chi connectivity index (χ2v) is 7.39. The van der Waals surface area contributed by atoms with Gasteiger partial charge in [-0.3, -0.25) is 9.59 Å². The van der Waals surface area contributed by atoms with Gasteiger partial charge >= 0.3 is 5.97 Å². The number of anilines is 1. The van der Waals surface area contributed by atoms with Crippen LogP contribution in [0.1, 0.15) is 30.4 Å². The fraction of sp³-hybridized carbons (Fsp3) is 0.333. The lowest BCUT2D eigenvalue weighted by atomic mass is 9.74. The molecule has 0 fully saturated rings. The van der Waals surface area contributed by atoms with E-state index in [1.165, 1.54) is 0 Å². The molecule has 5 heteroatoms. The highest BCUT2D eigenvalue weighted by atomic mass is 32.1. The molecule has 1 aliphatic rings. The van der Waals surface area contributed by atoms with Crippen molar-refractivity contribution in [3.8, 4) is 0 Å². The Morgan fingerprint density at radius 1 is 1.23 bits per heavy atom. The number of rotatable bonds is 5. The Hall–Kier alpha value is -2.40. The maximum atomic E-state index is 12.8. The molecule has 1 heterocycles. The van der Waals surface area contributed by atoms with Crippen LogP contribution >= 0.6 is 11.3 Å². The number of thiophene rings is 1. The predicted octanol–water partition coefficient (Wildman–Crippen LogP) is 4.13. The number of hydrogen-bond donors (Lipinski definition) is 0. The van der Waals surface area contributed by atoms with E-state index in [1.54, 1.807) is 24.3 Å². The van der Waals surface area contributed by atoms with Crippen LogP contribution in [-0.4, -0.2) is 32.5 Å². The summed E-state index contributed by atoms with van der Waals surface area (Å²) in [6, 6.07) is 10.1. The molecule has 1 aromatic carbocycles. The van der Waals surface area contributed by atoms with Crippen LogP contribution in [0.3, 0.4) is 0 Å². The Morgan fingerprint density at radius 3 is 2.54 bits per heavy atom. The van der Waals surface area contributed by atoms with E-state index in [1.807, 2.05) is 60.1 Å². The molecule has 3 rings (SSSR count). The summed E-state index contributed by atoms with van der Waals surface area (Å²) in [6.07, 6.45) is 2.27.